The highest BCUT2D eigenvalue weighted by molar-refractivity contribution is 7.89. The lowest BCUT2D eigenvalue weighted by molar-refractivity contribution is -0.141. The standard InChI is InChI=1S/C21H17FN6O3S.C18H16F3N5O4S/c22-17-4-2-1-3-14(17)9-21(29)27-16-5-6-19(20(10-16)32(23,30)31)28-12-15(11-26-28)18-7-8-24-13-25-18;1-30-13-5-2-11(3-6-13)8-17(27)24-12-4-7-14(15(9-12)31(22,28)29)26-23-10-16(25-26)18(19,20)21/h1-8,10-13H,9H2,(H,27,29)(H2,23,30,31);2-7,9-10H,8H2,1H3,(H,24,27)(H2,22,28,29). The first-order valence-corrected chi connectivity index (χ1v) is 21.0. The monoisotopic (exact) mass is 907 g/mol. The maximum atomic E-state index is 13.8. The summed E-state index contributed by atoms with van der Waals surface area (Å²) >= 11 is 0. The van der Waals surface area contributed by atoms with Crippen LogP contribution in [0, 0.1) is 5.82 Å². The number of hydrogen-bond donors (Lipinski definition) is 4. The van der Waals surface area contributed by atoms with Gasteiger partial charge in [0, 0.05) is 29.3 Å². The van der Waals surface area contributed by atoms with Crippen molar-refractivity contribution in [2.45, 2.75) is 28.8 Å². The normalized spacial score (nSPS) is 11.6. The average molecular weight is 908 g/mol. The summed E-state index contributed by atoms with van der Waals surface area (Å²) in [7, 11) is -7.03. The topological polar surface area (TPSA) is 262 Å². The molecule has 0 spiro atoms. The van der Waals surface area contributed by atoms with E-state index < -0.39 is 54.4 Å². The van der Waals surface area contributed by atoms with Gasteiger partial charge in [0.15, 0.2) is 5.69 Å². The fourth-order valence-electron chi connectivity index (χ4n) is 5.71. The summed E-state index contributed by atoms with van der Waals surface area (Å²) in [5.41, 5.74) is 1.03. The molecule has 18 nitrogen and oxygen atoms in total. The van der Waals surface area contributed by atoms with Crippen LogP contribution in [0.5, 0.6) is 5.75 Å². The number of benzene rings is 4. The van der Waals surface area contributed by atoms with E-state index in [9.17, 15) is 44.0 Å². The number of methoxy groups -OCH3 is 1. The van der Waals surface area contributed by atoms with E-state index in [0.29, 0.717) is 33.6 Å². The lowest BCUT2D eigenvalue weighted by Gasteiger charge is -2.11. The zero-order chi connectivity index (χ0) is 45.5. The minimum atomic E-state index is -4.75. The van der Waals surface area contributed by atoms with Crippen molar-refractivity contribution in [1.82, 2.24) is 34.7 Å². The van der Waals surface area contributed by atoms with E-state index in [1.807, 2.05) is 0 Å². The molecule has 0 aliphatic heterocycles. The summed E-state index contributed by atoms with van der Waals surface area (Å²) in [6.07, 6.45) is 1.58. The fraction of sp³-hybridized carbons (Fsp3) is 0.103. The van der Waals surface area contributed by atoms with Gasteiger partial charge in [0.1, 0.15) is 33.4 Å². The van der Waals surface area contributed by atoms with E-state index >= 15 is 0 Å². The molecule has 2 amide bonds. The SMILES string of the molecule is COc1ccc(CC(=O)Nc2ccc(-n3ncc(C(F)(F)F)n3)c(S(N)(=O)=O)c2)cc1.NS(=O)(=O)c1cc(NC(=O)Cc2ccccc2F)ccc1-n1cc(-c2ccncn2)cn1. The Labute approximate surface area is 355 Å². The summed E-state index contributed by atoms with van der Waals surface area (Å²) in [6, 6.07) is 22.0. The van der Waals surface area contributed by atoms with Crippen LogP contribution < -0.4 is 25.6 Å². The second kappa shape index (κ2) is 18.7. The van der Waals surface area contributed by atoms with E-state index in [2.05, 4.69) is 35.9 Å². The van der Waals surface area contributed by atoms with Gasteiger partial charge in [-0.1, -0.05) is 30.3 Å². The number of sulfonamides is 2. The first-order valence-electron chi connectivity index (χ1n) is 17.9. The quantitative estimate of drug-likeness (QED) is 0.124. The lowest BCUT2D eigenvalue weighted by atomic mass is 10.1. The number of hydrogen-bond acceptors (Lipinski definition) is 12. The van der Waals surface area contributed by atoms with Gasteiger partial charge < -0.3 is 15.4 Å². The van der Waals surface area contributed by atoms with Crippen molar-refractivity contribution in [3.8, 4) is 28.4 Å². The molecular weight excluding hydrogens is 875 g/mol. The van der Waals surface area contributed by atoms with Crippen LogP contribution in [0.25, 0.3) is 22.6 Å². The Morgan fingerprint density at radius 1 is 0.778 bits per heavy atom. The molecule has 0 radical (unpaired) electrons. The molecule has 7 aromatic rings. The van der Waals surface area contributed by atoms with Crippen molar-refractivity contribution in [3.63, 3.8) is 0 Å². The molecule has 0 atom stereocenters. The number of alkyl halides is 3. The van der Waals surface area contributed by atoms with Gasteiger partial charge in [-0.2, -0.15) is 23.4 Å². The van der Waals surface area contributed by atoms with Crippen molar-refractivity contribution >= 4 is 43.2 Å². The Kier molecular flexibility index (Phi) is 13.4. The molecule has 24 heteroatoms. The van der Waals surface area contributed by atoms with Crippen LogP contribution in [-0.4, -0.2) is 70.5 Å². The minimum absolute atomic E-state index is 0.00783. The van der Waals surface area contributed by atoms with Crippen LogP contribution in [0.3, 0.4) is 0 Å². The first-order chi connectivity index (χ1) is 29.8. The third-order valence-corrected chi connectivity index (χ3v) is 10.5. The third-order valence-electron chi connectivity index (χ3n) is 8.64. The number of anilines is 2. The molecule has 0 saturated carbocycles. The van der Waals surface area contributed by atoms with Crippen LogP contribution in [0.15, 0.2) is 132 Å². The Morgan fingerprint density at radius 2 is 1.40 bits per heavy atom. The molecule has 0 aliphatic carbocycles. The molecule has 0 bridgehead atoms. The van der Waals surface area contributed by atoms with Crippen LogP contribution in [0.4, 0.5) is 28.9 Å². The van der Waals surface area contributed by atoms with Gasteiger partial charge in [0.05, 0.1) is 43.7 Å². The second-order valence-corrected chi connectivity index (χ2v) is 16.2. The maximum Gasteiger partial charge on any atom is 0.436 e. The number of amides is 2. The molecular formula is C39H33F4N11O7S2. The molecule has 7 rings (SSSR count). The van der Waals surface area contributed by atoms with Gasteiger partial charge in [0.25, 0.3) is 0 Å². The summed E-state index contributed by atoms with van der Waals surface area (Å²) in [6.45, 7) is 0. The van der Waals surface area contributed by atoms with Gasteiger partial charge in [0.2, 0.25) is 31.9 Å². The van der Waals surface area contributed by atoms with E-state index in [1.54, 1.807) is 48.8 Å². The maximum absolute atomic E-state index is 13.8. The van der Waals surface area contributed by atoms with E-state index in [-0.39, 0.29) is 46.1 Å². The smallest absolute Gasteiger partial charge is 0.436 e. The zero-order valence-corrected chi connectivity index (χ0v) is 34.1. The fourth-order valence-corrected chi connectivity index (χ4v) is 7.18. The van der Waals surface area contributed by atoms with Crippen molar-refractivity contribution in [3.05, 3.63) is 145 Å². The summed E-state index contributed by atoms with van der Waals surface area (Å²) in [5.74, 6) is -0.830. The first kappa shape index (κ1) is 45.1. The molecule has 0 saturated heterocycles. The van der Waals surface area contributed by atoms with E-state index in [4.69, 9.17) is 15.0 Å². The average Bonchev–Trinajstić information content (AvgIpc) is 3.94. The van der Waals surface area contributed by atoms with Crippen molar-refractivity contribution in [2.24, 2.45) is 10.3 Å². The van der Waals surface area contributed by atoms with E-state index in [0.717, 1.165) is 12.1 Å². The summed E-state index contributed by atoms with van der Waals surface area (Å²) in [4.78, 5) is 32.3. The number of rotatable bonds is 12. The lowest BCUT2D eigenvalue weighted by Crippen LogP contribution is -2.19. The number of primary sulfonamides is 2. The molecule has 0 fully saturated rings. The van der Waals surface area contributed by atoms with Crippen LogP contribution in [-0.2, 0) is 48.7 Å². The molecule has 3 heterocycles. The van der Waals surface area contributed by atoms with Crippen molar-refractivity contribution in [2.75, 3.05) is 17.7 Å². The Balaban J connectivity index is 0.000000210. The van der Waals surface area contributed by atoms with E-state index in [1.165, 1.54) is 66.8 Å². The number of aromatic nitrogens is 7. The van der Waals surface area contributed by atoms with Crippen LogP contribution >= 0.6 is 0 Å². The number of nitrogens with one attached hydrogen (secondary N) is 2. The van der Waals surface area contributed by atoms with Gasteiger partial charge in [-0.05, 0) is 71.8 Å². The highest BCUT2D eigenvalue weighted by Gasteiger charge is 2.35. The van der Waals surface area contributed by atoms with Gasteiger partial charge in [-0.15, -0.1) is 9.90 Å². The molecule has 63 heavy (non-hydrogen) atoms. The van der Waals surface area contributed by atoms with Crippen LogP contribution in [0.2, 0.25) is 0 Å². The molecule has 6 N–H and O–H groups in total. The number of nitrogens with zero attached hydrogens (tertiary/aromatic N) is 7. The van der Waals surface area contributed by atoms with Gasteiger partial charge in [-0.25, -0.2) is 46.2 Å². The number of carbonyl (C=O) groups is 2. The zero-order valence-electron chi connectivity index (χ0n) is 32.4. The third kappa shape index (κ3) is 11.7. The minimum Gasteiger partial charge on any atom is -0.497 e. The molecule has 326 valence electrons. The van der Waals surface area contributed by atoms with Gasteiger partial charge >= 0.3 is 6.18 Å². The highest BCUT2D eigenvalue weighted by Crippen LogP contribution is 2.29. The van der Waals surface area contributed by atoms with Gasteiger partial charge in [-0.3, -0.25) is 9.59 Å². The predicted molar refractivity (Wildman–Crippen MR) is 218 cm³/mol. The molecule has 0 aliphatic rings. The largest absolute Gasteiger partial charge is 0.497 e. The molecule has 3 aromatic heterocycles. The highest BCUT2D eigenvalue weighted by atomic mass is 32.2. The van der Waals surface area contributed by atoms with Crippen LogP contribution in [0.1, 0.15) is 16.8 Å². The molecule has 4 aromatic carbocycles. The number of halogens is 4. The Bertz CT molecular complexity index is 3000. The molecule has 0 unspecified atom stereocenters. The Hall–Kier alpha value is -7.41. The number of nitrogens with two attached hydrogens (primary N) is 2. The van der Waals surface area contributed by atoms with Crippen molar-refractivity contribution < 1.29 is 48.7 Å². The number of ether oxygens (including phenoxy) is 1. The summed E-state index contributed by atoms with van der Waals surface area (Å²) in [5, 5.41) is 26.6. The van der Waals surface area contributed by atoms with Crippen molar-refractivity contribution in [1.29, 1.82) is 0 Å². The predicted octanol–water partition coefficient (Wildman–Crippen LogP) is 4.42. The number of carbonyl (C=O) groups excluding carboxylic acids is 2. The Morgan fingerprint density at radius 3 is 1.97 bits per heavy atom. The summed E-state index contributed by atoms with van der Waals surface area (Å²) < 4.78 is 107. The second-order valence-electron chi connectivity index (χ2n) is 13.1.